The third-order valence-corrected chi connectivity index (χ3v) is 3.31. The summed E-state index contributed by atoms with van der Waals surface area (Å²) in [5.74, 6) is 1.58. The van der Waals surface area contributed by atoms with E-state index in [9.17, 15) is 4.79 Å². The van der Waals surface area contributed by atoms with Crippen molar-refractivity contribution in [1.82, 2.24) is 5.32 Å². The zero-order chi connectivity index (χ0) is 13.5. The first-order valence-corrected chi connectivity index (χ1v) is 6.84. The van der Waals surface area contributed by atoms with Crippen molar-refractivity contribution in [2.24, 2.45) is 5.92 Å². The largest absolute Gasteiger partial charge is 0.496 e. The molecule has 0 saturated carbocycles. The van der Waals surface area contributed by atoms with Gasteiger partial charge in [-0.3, -0.25) is 4.79 Å². The van der Waals surface area contributed by atoms with E-state index in [1.165, 1.54) is 11.8 Å². The Kier molecular flexibility index (Phi) is 5.85. The van der Waals surface area contributed by atoms with E-state index in [0.29, 0.717) is 29.7 Å². The molecule has 0 atom stereocenters. The lowest BCUT2D eigenvalue weighted by molar-refractivity contribution is -0.118. The third-order valence-electron chi connectivity index (χ3n) is 2.25. The summed E-state index contributed by atoms with van der Waals surface area (Å²) in [5.41, 5.74) is 6.32. The maximum atomic E-state index is 11.6. The van der Waals surface area contributed by atoms with Gasteiger partial charge in [-0.1, -0.05) is 13.8 Å². The topological polar surface area (TPSA) is 64.3 Å². The van der Waals surface area contributed by atoms with E-state index in [2.05, 4.69) is 19.2 Å². The number of hydrogen-bond acceptors (Lipinski definition) is 4. The van der Waals surface area contributed by atoms with Crippen molar-refractivity contribution in [1.29, 1.82) is 0 Å². The van der Waals surface area contributed by atoms with Crippen LogP contribution in [0.3, 0.4) is 0 Å². The van der Waals surface area contributed by atoms with Crippen molar-refractivity contribution >= 4 is 23.4 Å². The highest BCUT2D eigenvalue weighted by Gasteiger charge is 2.08. The van der Waals surface area contributed by atoms with E-state index >= 15 is 0 Å². The Morgan fingerprint density at radius 2 is 2.22 bits per heavy atom. The predicted molar refractivity (Wildman–Crippen MR) is 76.0 cm³/mol. The average Bonchev–Trinajstić information content (AvgIpc) is 2.34. The first kappa shape index (κ1) is 14.7. The van der Waals surface area contributed by atoms with Crippen molar-refractivity contribution in [3.05, 3.63) is 18.2 Å². The number of amides is 1. The normalized spacial score (nSPS) is 10.4. The molecule has 1 aromatic carbocycles. The number of anilines is 1. The molecule has 0 unspecified atom stereocenters. The molecule has 4 nitrogen and oxygen atoms in total. The number of rotatable bonds is 6. The van der Waals surface area contributed by atoms with Crippen molar-refractivity contribution in [3.63, 3.8) is 0 Å². The van der Waals surface area contributed by atoms with Crippen LogP contribution in [0.1, 0.15) is 13.8 Å². The summed E-state index contributed by atoms with van der Waals surface area (Å²) in [5, 5.41) is 2.88. The van der Waals surface area contributed by atoms with Gasteiger partial charge in [0.2, 0.25) is 5.91 Å². The molecule has 0 heterocycles. The van der Waals surface area contributed by atoms with Gasteiger partial charge in [-0.25, -0.2) is 0 Å². The van der Waals surface area contributed by atoms with E-state index in [1.54, 1.807) is 19.2 Å². The number of hydrogen-bond donors (Lipinski definition) is 2. The molecule has 0 spiro atoms. The second-order valence-corrected chi connectivity index (χ2v) is 5.41. The minimum Gasteiger partial charge on any atom is -0.496 e. The van der Waals surface area contributed by atoms with Crippen molar-refractivity contribution in [2.45, 2.75) is 18.7 Å². The Morgan fingerprint density at radius 3 is 2.83 bits per heavy atom. The second-order valence-electron chi connectivity index (χ2n) is 4.40. The average molecular weight is 268 g/mol. The first-order chi connectivity index (χ1) is 8.52. The van der Waals surface area contributed by atoms with E-state index in [4.69, 9.17) is 10.5 Å². The van der Waals surface area contributed by atoms with E-state index in [-0.39, 0.29) is 5.91 Å². The molecule has 0 aromatic heterocycles. The van der Waals surface area contributed by atoms with Gasteiger partial charge in [-0.2, -0.15) is 0 Å². The van der Waals surface area contributed by atoms with Gasteiger partial charge in [-0.05, 0) is 18.1 Å². The summed E-state index contributed by atoms with van der Waals surface area (Å²) in [6.07, 6.45) is 0. The Labute approximate surface area is 112 Å². The van der Waals surface area contributed by atoms with Gasteiger partial charge in [-0.15, -0.1) is 11.8 Å². The molecule has 1 rings (SSSR count). The number of ether oxygens (including phenoxy) is 1. The van der Waals surface area contributed by atoms with Crippen LogP contribution in [0.5, 0.6) is 5.75 Å². The van der Waals surface area contributed by atoms with Gasteiger partial charge in [0.05, 0.1) is 12.9 Å². The minimum absolute atomic E-state index is 0.0348. The lowest BCUT2D eigenvalue weighted by Gasteiger charge is -2.10. The maximum Gasteiger partial charge on any atom is 0.230 e. The first-order valence-electron chi connectivity index (χ1n) is 5.86. The molecule has 3 N–H and O–H groups in total. The number of nitrogen functional groups attached to an aromatic ring is 1. The van der Waals surface area contributed by atoms with Gasteiger partial charge in [0.1, 0.15) is 5.75 Å². The second kappa shape index (κ2) is 7.16. The highest BCUT2D eigenvalue weighted by atomic mass is 32.2. The summed E-state index contributed by atoms with van der Waals surface area (Å²) < 4.78 is 5.22. The number of carbonyl (C=O) groups excluding carboxylic acids is 1. The van der Waals surface area contributed by atoms with Crippen LogP contribution in [0.2, 0.25) is 0 Å². The van der Waals surface area contributed by atoms with Crippen LogP contribution in [0, 0.1) is 5.92 Å². The molecule has 0 radical (unpaired) electrons. The smallest absolute Gasteiger partial charge is 0.230 e. The van der Waals surface area contributed by atoms with Crippen LogP contribution in [-0.2, 0) is 4.79 Å². The molecular weight excluding hydrogens is 248 g/mol. The molecule has 1 aromatic rings. The van der Waals surface area contributed by atoms with Crippen LogP contribution in [-0.4, -0.2) is 25.3 Å². The van der Waals surface area contributed by atoms with Crippen molar-refractivity contribution < 1.29 is 9.53 Å². The molecule has 5 heteroatoms. The van der Waals surface area contributed by atoms with E-state index in [1.807, 2.05) is 6.07 Å². The quantitative estimate of drug-likeness (QED) is 0.613. The number of carbonyl (C=O) groups is 1. The van der Waals surface area contributed by atoms with Crippen LogP contribution >= 0.6 is 11.8 Å². The van der Waals surface area contributed by atoms with Crippen LogP contribution in [0.15, 0.2) is 23.1 Å². The number of methoxy groups -OCH3 is 1. The number of nitrogens with one attached hydrogen (secondary N) is 1. The Bertz CT molecular complexity index is 408. The van der Waals surface area contributed by atoms with Crippen LogP contribution in [0.4, 0.5) is 5.69 Å². The molecule has 0 aliphatic carbocycles. The van der Waals surface area contributed by atoms with E-state index < -0.39 is 0 Å². The molecular formula is C13H20N2O2S. The fourth-order valence-corrected chi connectivity index (χ4v) is 2.15. The highest BCUT2D eigenvalue weighted by Crippen LogP contribution is 2.30. The van der Waals surface area contributed by atoms with Gasteiger partial charge in [0, 0.05) is 23.2 Å². The van der Waals surface area contributed by atoms with Gasteiger partial charge in [0.25, 0.3) is 0 Å². The zero-order valence-corrected chi connectivity index (χ0v) is 11.8. The van der Waals surface area contributed by atoms with Crippen LogP contribution in [0.25, 0.3) is 0 Å². The Balaban J connectivity index is 2.50. The monoisotopic (exact) mass is 268 g/mol. The molecule has 100 valence electrons. The minimum atomic E-state index is 0.0348. The molecule has 0 bridgehead atoms. The molecule has 0 aliphatic heterocycles. The summed E-state index contributed by atoms with van der Waals surface area (Å²) in [7, 11) is 1.59. The molecule has 1 amide bonds. The summed E-state index contributed by atoms with van der Waals surface area (Å²) in [4.78, 5) is 12.5. The van der Waals surface area contributed by atoms with Gasteiger partial charge >= 0.3 is 0 Å². The molecule has 18 heavy (non-hydrogen) atoms. The Morgan fingerprint density at radius 1 is 1.50 bits per heavy atom. The summed E-state index contributed by atoms with van der Waals surface area (Å²) >= 11 is 1.45. The molecule has 0 aliphatic rings. The molecule has 0 fully saturated rings. The number of benzene rings is 1. The zero-order valence-electron chi connectivity index (χ0n) is 11.0. The van der Waals surface area contributed by atoms with Crippen molar-refractivity contribution in [2.75, 3.05) is 25.1 Å². The molecule has 0 saturated heterocycles. The number of thioether (sulfide) groups is 1. The Hall–Kier alpha value is -1.36. The lowest BCUT2D eigenvalue weighted by atomic mass is 10.2. The standard InChI is InChI=1S/C13H20N2O2S/c1-9(2)7-15-13(16)8-18-12-5-4-10(14)6-11(12)17-3/h4-6,9H,7-8,14H2,1-3H3,(H,15,16). The fourth-order valence-electron chi connectivity index (χ4n) is 1.32. The number of nitrogens with two attached hydrogens (primary N) is 1. The SMILES string of the molecule is COc1cc(N)ccc1SCC(=O)NCC(C)C. The predicted octanol–water partition coefficient (Wildman–Crippen LogP) is 2.14. The van der Waals surface area contributed by atoms with Crippen molar-refractivity contribution in [3.8, 4) is 5.75 Å². The maximum absolute atomic E-state index is 11.6. The van der Waals surface area contributed by atoms with Gasteiger partial charge in [0.15, 0.2) is 0 Å². The summed E-state index contributed by atoms with van der Waals surface area (Å²) in [6, 6.07) is 5.43. The highest BCUT2D eigenvalue weighted by molar-refractivity contribution is 8.00. The van der Waals surface area contributed by atoms with Crippen LogP contribution < -0.4 is 15.8 Å². The van der Waals surface area contributed by atoms with E-state index in [0.717, 1.165) is 4.90 Å². The third kappa shape index (κ3) is 4.87. The lowest BCUT2D eigenvalue weighted by Crippen LogP contribution is -2.28. The fraction of sp³-hybridized carbons (Fsp3) is 0.462. The van der Waals surface area contributed by atoms with Gasteiger partial charge < -0.3 is 15.8 Å². The summed E-state index contributed by atoms with van der Waals surface area (Å²) in [6.45, 7) is 4.84.